The molecule has 1 atom stereocenters. The van der Waals surface area contributed by atoms with E-state index in [1.165, 1.54) is 12.0 Å². The number of Topliss-reactive ketones (excluding diaryl/α,β-unsaturated/α-hetero) is 1. The zero-order valence-electron chi connectivity index (χ0n) is 15.5. The molecule has 3 heterocycles. The fourth-order valence-corrected chi connectivity index (χ4v) is 3.32. The average molecular weight is 387 g/mol. The van der Waals surface area contributed by atoms with E-state index in [0.29, 0.717) is 22.7 Å². The fourth-order valence-electron chi connectivity index (χ4n) is 3.32. The second-order valence-corrected chi connectivity index (χ2v) is 6.37. The van der Waals surface area contributed by atoms with Gasteiger partial charge in [0.15, 0.2) is 0 Å². The zero-order chi connectivity index (χ0) is 20.4. The van der Waals surface area contributed by atoms with Crippen molar-refractivity contribution in [1.29, 1.82) is 0 Å². The summed E-state index contributed by atoms with van der Waals surface area (Å²) >= 11 is 0. The van der Waals surface area contributed by atoms with Gasteiger partial charge in [0.05, 0.1) is 18.7 Å². The molecule has 3 aromatic rings. The Hall–Kier alpha value is -4.00. The third-order valence-corrected chi connectivity index (χ3v) is 4.70. The van der Waals surface area contributed by atoms with Crippen molar-refractivity contribution in [3.63, 3.8) is 0 Å². The smallest absolute Gasteiger partial charge is 0.301 e. The highest BCUT2D eigenvalue weighted by atomic mass is 16.5. The van der Waals surface area contributed by atoms with E-state index in [1.807, 2.05) is 0 Å². The molecule has 1 fully saturated rings. The molecule has 7 heteroatoms. The molecule has 4 rings (SSSR count). The van der Waals surface area contributed by atoms with Crippen molar-refractivity contribution in [2.24, 2.45) is 0 Å². The number of anilines is 1. The van der Waals surface area contributed by atoms with E-state index in [-0.39, 0.29) is 11.3 Å². The number of benzene rings is 1. The van der Waals surface area contributed by atoms with Crippen molar-refractivity contribution in [3.05, 3.63) is 89.9 Å². The van der Waals surface area contributed by atoms with Gasteiger partial charge in [0.1, 0.15) is 17.3 Å². The van der Waals surface area contributed by atoms with Crippen molar-refractivity contribution >= 4 is 23.3 Å². The van der Waals surface area contributed by atoms with Crippen molar-refractivity contribution in [2.75, 3.05) is 12.0 Å². The number of methoxy groups -OCH3 is 1. The number of aliphatic hydroxyl groups excluding tert-OH is 1. The topological polar surface area (TPSA) is 92.6 Å². The molecule has 1 N–H and O–H groups in total. The molecule has 1 unspecified atom stereocenters. The van der Waals surface area contributed by atoms with Gasteiger partial charge in [0, 0.05) is 24.2 Å². The van der Waals surface area contributed by atoms with Crippen LogP contribution in [0.1, 0.15) is 17.2 Å². The predicted octanol–water partition coefficient (Wildman–Crippen LogP) is 3.11. The molecule has 1 aliphatic rings. The monoisotopic (exact) mass is 387 g/mol. The summed E-state index contributed by atoms with van der Waals surface area (Å²) in [6, 6.07) is 14.3. The highest BCUT2D eigenvalue weighted by Crippen LogP contribution is 2.41. The molecule has 0 aliphatic carbocycles. The van der Waals surface area contributed by atoms with Crippen LogP contribution in [-0.2, 0) is 9.59 Å². The Morgan fingerprint density at radius 1 is 1.03 bits per heavy atom. The standard InChI is InChI=1S/C22H17N3O4/c1-29-16-9-7-14(8-10-16)20(26)18-19(15-5-4-11-23-13-15)25(22(28)21(18)27)17-6-2-3-12-24-17/h2-13,19,26H,1H3/b20-18-. The Morgan fingerprint density at radius 3 is 2.45 bits per heavy atom. The number of rotatable bonds is 4. The molecule has 0 radical (unpaired) electrons. The predicted molar refractivity (Wildman–Crippen MR) is 106 cm³/mol. The minimum absolute atomic E-state index is 0.0150. The zero-order valence-corrected chi connectivity index (χ0v) is 15.5. The van der Waals surface area contributed by atoms with Crippen LogP contribution in [0.3, 0.4) is 0 Å². The molecule has 1 aliphatic heterocycles. The van der Waals surface area contributed by atoms with Crippen LogP contribution in [0, 0.1) is 0 Å². The molecule has 1 saturated heterocycles. The summed E-state index contributed by atoms with van der Waals surface area (Å²) in [5.74, 6) is -0.875. The summed E-state index contributed by atoms with van der Waals surface area (Å²) in [6.45, 7) is 0. The first-order valence-electron chi connectivity index (χ1n) is 8.88. The minimum atomic E-state index is -0.847. The van der Waals surface area contributed by atoms with Gasteiger partial charge in [0.2, 0.25) is 0 Å². The van der Waals surface area contributed by atoms with Crippen LogP contribution in [0.25, 0.3) is 5.76 Å². The molecule has 29 heavy (non-hydrogen) atoms. The molecule has 1 amide bonds. The number of aromatic nitrogens is 2. The largest absolute Gasteiger partial charge is 0.507 e. The Bertz CT molecular complexity index is 1080. The molecule has 2 aromatic heterocycles. The van der Waals surface area contributed by atoms with Crippen LogP contribution in [0.2, 0.25) is 0 Å². The third-order valence-electron chi connectivity index (χ3n) is 4.70. The molecule has 144 valence electrons. The van der Waals surface area contributed by atoms with E-state index in [0.717, 1.165) is 0 Å². The minimum Gasteiger partial charge on any atom is -0.507 e. The summed E-state index contributed by atoms with van der Waals surface area (Å²) in [4.78, 5) is 35.4. The lowest BCUT2D eigenvalue weighted by Gasteiger charge is -2.24. The van der Waals surface area contributed by atoms with Crippen molar-refractivity contribution in [3.8, 4) is 5.75 Å². The molecular weight excluding hydrogens is 370 g/mol. The Morgan fingerprint density at radius 2 is 1.83 bits per heavy atom. The van der Waals surface area contributed by atoms with Crippen molar-refractivity contribution in [2.45, 2.75) is 6.04 Å². The normalized spacial score (nSPS) is 18.1. The second-order valence-electron chi connectivity index (χ2n) is 6.37. The lowest BCUT2D eigenvalue weighted by Crippen LogP contribution is -2.30. The van der Waals surface area contributed by atoms with E-state index < -0.39 is 17.7 Å². The maximum absolute atomic E-state index is 12.9. The first-order chi connectivity index (χ1) is 14.1. The molecular formula is C22H17N3O4. The summed E-state index contributed by atoms with van der Waals surface area (Å²) in [7, 11) is 1.54. The number of pyridine rings is 2. The lowest BCUT2D eigenvalue weighted by molar-refractivity contribution is -0.132. The van der Waals surface area contributed by atoms with Gasteiger partial charge in [-0.3, -0.25) is 19.5 Å². The van der Waals surface area contributed by atoms with Gasteiger partial charge in [-0.2, -0.15) is 0 Å². The van der Waals surface area contributed by atoms with Gasteiger partial charge in [-0.25, -0.2) is 4.98 Å². The SMILES string of the molecule is COc1ccc(/C(O)=C2/C(=O)C(=O)N(c3ccccn3)C2c2cccnc2)cc1. The van der Waals surface area contributed by atoms with Crippen LogP contribution in [-0.4, -0.2) is 33.9 Å². The number of nitrogens with zero attached hydrogens (tertiary/aromatic N) is 3. The van der Waals surface area contributed by atoms with Crippen LogP contribution >= 0.6 is 0 Å². The average Bonchev–Trinajstić information content (AvgIpc) is 3.05. The molecule has 1 aromatic carbocycles. The van der Waals surface area contributed by atoms with Gasteiger partial charge < -0.3 is 9.84 Å². The first-order valence-corrected chi connectivity index (χ1v) is 8.88. The Labute approximate surface area is 166 Å². The van der Waals surface area contributed by atoms with E-state index in [4.69, 9.17) is 4.74 Å². The number of amides is 1. The molecule has 0 saturated carbocycles. The summed E-state index contributed by atoms with van der Waals surface area (Å²) < 4.78 is 5.13. The van der Waals surface area contributed by atoms with Crippen LogP contribution in [0.4, 0.5) is 5.82 Å². The number of ketones is 1. The highest BCUT2D eigenvalue weighted by Gasteiger charge is 2.47. The second kappa shape index (κ2) is 7.55. The van der Waals surface area contributed by atoms with Crippen LogP contribution in [0.15, 0.2) is 78.8 Å². The third kappa shape index (κ3) is 3.23. The van der Waals surface area contributed by atoms with Crippen LogP contribution < -0.4 is 9.64 Å². The summed E-state index contributed by atoms with van der Waals surface area (Å²) in [5.41, 5.74) is 0.977. The quantitative estimate of drug-likeness (QED) is 0.420. The van der Waals surface area contributed by atoms with Crippen LogP contribution in [0.5, 0.6) is 5.75 Å². The Balaban J connectivity index is 1.91. The first kappa shape index (κ1) is 18.4. The number of hydrogen-bond donors (Lipinski definition) is 1. The highest BCUT2D eigenvalue weighted by molar-refractivity contribution is 6.51. The van der Waals surface area contributed by atoms with Gasteiger partial charge in [-0.15, -0.1) is 0 Å². The summed E-state index contributed by atoms with van der Waals surface area (Å²) in [6.07, 6.45) is 4.70. The maximum atomic E-state index is 12.9. The number of carbonyl (C=O) groups is 2. The fraction of sp³-hybridized carbons (Fsp3) is 0.0909. The van der Waals surface area contributed by atoms with Crippen molar-refractivity contribution < 1.29 is 19.4 Å². The van der Waals surface area contributed by atoms with Gasteiger partial charge >= 0.3 is 5.91 Å². The van der Waals surface area contributed by atoms with Gasteiger partial charge in [-0.1, -0.05) is 12.1 Å². The van der Waals surface area contributed by atoms with E-state index in [9.17, 15) is 14.7 Å². The number of carbonyl (C=O) groups excluding carboxylic acids is 2. The van der Waals surface area contributed by atoms with E-state index >= 15 is 0 Å². The number of aliphatic hydroxyl groups is 1. The van der Waals surface area contributed by atoms with E-state index in [1.54, 1.807) is 73.2 Å². The number of hydrogen-bond acceptors (Lipinski definition) is 6. The molecule has 0 bridgehead atoms. The Kier molecular flexibility index (Phi) is 4.78. The molecule has 7 nitrogen and oxygen atoms in total. The number of ether oxygens (including phenoxy) is 1. The lowest BCUT2D eigenvalue weighted by atomic mass is 9.96. The van der Waals surface area contributed by atoms with E-state index in [2.05, 4.69) is 9.97 Å². The maximum Gasteiger partial charge on any atom is 0.301 e. The van der Waals surface area contributed by atoms with Crippen molar-refractivity contribution in [1.82, 2.24) is 9.97 Å². The van der Waals surface area contributed by atoms with Gasteiger partial charge in [0.25, 0.3) is 5.78 Å². The van der Waals surface area contributed by atoms with Gasteiger partial charge in [-0.05, 0) is 48.0 Å². The molecule has 0 spiro atoms. The summed E-state index contributed by atoms with van der Waals surface area (Å²) in [5, 5.41) is 11.0.